The Morgan fingerprint density at radius 2 is 1.94 bits per heavy atom. The summed E-state index contributed by atoms with van der Waals surface area (Å²) in [5.74, 6) is -0.479. The van der Waals surface area contributed by atoms with Gasteiger partial charge in [-0.25, -0.2) is 9.78 Å². The Bertz CT molecular complexity index is 551. The molecule has 0 radical (unpaired) electrons. The fourth-order valence-electron chi connectivity index (χ4n) is 1.24. The van der Waals surface area contributed by atoms with E-state index in [0.29, 0.717) is 14.9 Å². The third-order valence-electron chi connectivity index (χ3n) is 2.05. The predicted molar refractivity (Wildman–Crippen MR) is 68.9 cm³/mol. The molecule has 0 amide bonds. The lowest BCUT2D eigenvalue weighted by Gasteiger charge is -1.95. The van der Waals surface area contributed by atoms with Gasteiger partial charge in [-0.2, -0.15) is 0 Å². The maximum Gasteiger partial charge on any atom is 0.351 e. The molecule has 0 aliphatic heterocycles. The van der Waals surface area contributed by atoms with Gasteiger partial charge in [0, 0.05) is 10.6 Å². The maximum atomic E-state index is 11.4. The first kappa shape index (κ1) is 12.4. The Morgan fingerprint density at radius 1 is 1.29 bits per heavy atom. The lowest BCUT2D eigenvalue weighted by Crippen LogP contribution is -1.98. The number of halogens is 2. The molecule has 0 unspecified atom stereocenters. The number of ether oxygens (including phenoxy) is 1. The second-order valence-corrected chi connectivity index (χ2v) is 4.93. The number of methoxy groups -OCH3 is 1. The number of benzene rings is 1. The van der Waals surface area contributed by atoms with E-state index < -0.39 is 5.97 Å². The summed E-state index contributed by atoms with van der Waals surface area (Å²) in [6, 6.07) is 7.14. The lowest BCUT2D eigenvalue weighted by atomic mass is 10.2. The highest BCUT2D eigenvalue weighted by Gasteiger charge is 2.17. The third kappa shape index (κ3) is 2.60. The Kier molecular flexibility index (Phi) is 3.66. The second-order valence-electron chi connectivity index (χ2n) is 3.14. The van der Waals surface area contributed by atoms with Crippen molar-refractivity contribution >= 4 is 40.5 Å². The van der Waals surface area contributed by atoms with Gasteiger partial charge in [0.1, 0.15) is 5.01 Å². The van der Waals surface area contributed by atoms with Crippen molar-refractivity contribution in [1.29, 1.82) is 0 Å². The van der Waals surface area contributed by atoms with E-state index in [4.69, 9.17) is 23.2 Å². The van der Waals surface area contributed by atoms with Crippen LogP contribution in [0.2, 0.25) is 10.2 Å². The molecule has 2 rings (SSSR count). The molecule has 0 spiro atoms. The number of nitrogens with zero attached hydrogens (tertiary/aromatic N) is 1. The highest BCUT2D eigenvalue weighted by atomic mass is 35.5. The van der Waals surface area contributed by atoms with E-state index in [-0.39, 0.29) is 5.15 Å². The van der Waals surface area contributed by atoms with Crippen molar-refractivity contribution in [2.24, 2.45) is 0 Å². The quantitative estimate of drug-likeness (QED) is 0.787. The van der Waals surface area contributed by atoms with E-state index in [1.165, 1.54) is 18.4 Å². The number of esters is 1. The van der Waals surface area contributed by atoms with Crippen LogP contribution < -0.4 is 0 Å². The smallest absolute Gasteiger partial charge is 0.351 e. The van der Waals surface area contributed by atoms with Gasteiger partial charge in [-0.3, -0.25) is 0 Å². The topological polar surface area (TPSA) is 39.2 Å². The molecule has 0 aliphatic rings. The fourth-order valence-corrected chi connectivity index (χ4v) is 2.57. The number of hydrogen-bond donors (Lipinski definition) is 0. The summed E-state index contributed by atoms with van der Waals surface area (Å²) in [6.45, 7) is 0. The van der Waals surface area contributed by atoms with Gasteiger partial charge in [0.05, 0.1) is 7.11 Å². The fraction of sp³-hybridized carbons (Fsp3) is 0.0909. The van der Waals surface area contributed by atoms with E-state index in [1.54, 1.807) is 12.1 Å². The molecule has 17 heavy (non-hydrogen) atoms. The molecule has 0 fully saturated rings. The van der Waals surface area contributed by atoms with Gasteiger partial charge >= 0.3 is 5.97 Å². The van der Waals surface area contributed by atoms with Gasteiger partial charge in [-0.15, -0.1) is 11.3 Å². The van der Waals surface area contributed by atoms with E-state index in [1.807, 2.05) is 12.1 Å². The standard InChI is InChI=1S/C11H7Cl2NO2S/c1-16-11(15)8-9(13)14-10(17-8)6-2-4-7(12)5-3-6/h2-5H,1H3. The van der Waals surface area contributed by atoms with Gasteiger partial charge in [-0.1, -0.05) is 35.3 Å². The summed E-state index contributed by atoms with van der Waals surface area (Å²) in [5, 5.41) is 1.46. The number of thiazole rings is 1. The van der Waals surface area contributed by atoms with Gasteiger partial charge in [-0.05, 0) is 12.1 Å². The van der Waals surface area contributed by atoms with Crippen LogP contribution in [0, 0.1) is 0 Å². The molecule has 0 N–H and O–H groups in total. The van der Waals surface area contributed by atoms with Crippen LogP contribution in [0.1, 0.15) is 9.67 Å². The first-order valence-electron chi connectivity index (χ1n) is 4.62. The highest BCUT2D eigenvalue weighted by Crippen LogP contribution is 2.31. The largest absolute Gasteiger partial charge is 0.465 e. The molecule has 1 aromatic heterocycles. The number of hydrogen-bond acceptors (Lipinski definition) is 4. The molecule has 1 heterocycles. The first-order valence-corrected chi connectivity index (χ1v) is 6.19. The van der Waals surface area contributed by atoms with Crippen molar-refractivity contribution in [3.05, 3.63) is 39.3 Å². The molecule has 0 saturated carbocycles. The van der Waals surface area contributed by atoms with Crippen LogP contribution in [0.4, 0.5) is 0 Å². The summed E-state index contributed by atoms with van der Waals surface area (Å²) in [6.07, 6.45) is 0. The Labute approximate surface area is 112 Å². The summed E-state index contributed by atoms with van der Waals surface area (Å²) in [5.41, 5.74) is 0.858. The monoisotopic (exact) mass is 287 g/mol. The highest BCUT2D eigenvalue weighted by molar-refractivity contribution is 7.17. The summed E-state index contributed by atoms with van der Waals surface area (Å²) in [7, 11) is 1.31. The molecule has 2 aromatic rings. The molecule has 6 heteroatoms. The molecular formula is C11H7Cl2NO2S. The summed E-state index contributed by atoms with van der Waals surface area (Å²) < 4.78 is 4.61. The van der Waals surface area contributed by atoms with Crippen molar-refractivity contribution < 1.29 is 9.53 Å². The van der Waals surface area contributed by atoms with Gasteiger partial charge in [0.15, 0.2) is 10.0 Å². The third-order valence-corrected chi connectivity index (χ3v) is 3.77. The van der Waals surface area contributed by atoms with Crippen LogP contribution >= 0.6 is 34.5 Å². The minimum Gasteiger partial charge on any atom is -0.465 e. The number of carbonyl (C=O) groups is 1. The average molecular weight is 288 g/mol. The van der Waals surface area contributed by atoms with E-state index in [9.17, 15) is 4.79 Å². The minimum absolute atomic E-state index is 0.159. The lowest BCUT2D eigenvalue weighted by molar-refractivity contribution is 0.0606. The van der Waals surface area contributed by atoms with Crippen LogP contribution in [0.25, 0.3) is 10.6 Å². The normalized spacial score (nSPS) is 10.3. The van der Waals surface area contributed by atoms with E-state index in [0.717, 1.165) is 5.56 Å². The molecule has 3 nitrogen and oxygen atoms in total. The van der Waals surface area contributed by atoms with Gasteiger partial charge in [0.25, 0.3) is 0 Å². The summed E-state index contributed by atoms with van der Waals surface area (Å²) >= 11 is 12.9. The van der Waals surface area contributed by atoms with Crippen molar-refractivity contribution in [3.8, 4) is 10.6 Å². The SMILES string of the molecule is COC(=O)c1sc(-c2ccc(Cl)cc2)nc1Cl. The first-order chi connectivity index (χ1) is 8.11. The summed E-state index contributed by atoms with van der Waals surface area (Å²) in [4.78, 5) is 15.8. The van der Waals surface area contributed by atoms with Crippen LogP contribution in [-0.4, -0.2) is 18.1 Å². The van der Waals surface area contributed by atoms with Crippen molar-refractivity contribution in [1.82, 2.24) is 4.98 Å². The number of aromatic nitrogens is 1. The maximum absolute atomic E-state index is 11.4. The van der Waals surface area contributed by atoms with Crippen LogP contribution in [-0.2, 0) is 4.74 Å². The Balaban J connectivity index is 2.41. The van der Waals surface area contributed by atoms with Crippen molar-refractivity contribution in [2.45, 2.75) is 0 Å². The van der Waals surface area contributed by atoms with Gasteiger partial charge in [0.2, 0.25) is 0 Å². The minimum atomic E-state index is -0.479. The molecule has 0 atom stereocenters. The van der Waals surface area contributed by atoms with E-state index in [2.05, 4.69) is 9.72 Å². The van der Waals surface area contributed by atoms with Crippen LogP contribution in [0.5, 0.6) is 0 Å². The van der Waals surface area contributed by atoms with Crippen molar-refractivity contribution in [2.75, 3.05) is 7.11 Å². The second kappa shape index (κ2) is 5.04. The molecule has 88 valence electrons. The van der Waals surface area contributed by atoms with E-state index >= 15 is 0 Å². The molecule has 0 aliphatic carbocycles. The van der Waals surface area contributed by atoms with Crippen LogP contribution in [0.15, 0.2) is 24.3 Å². The zero-order valence-electron chi connectivity index (χ0n) is 8.74. The zero-order chi connectivity index (χ0) is 12.4. The zero-order valence-corrected chi connectivity index (χ0v) is 11.1. The Morgan fingerprint density at radius 3 is 2.53 bits per heavy atom. The average Bonchev–Trinajstić information content (AvgIpc) is 2.71. The molecule has 0 bridgehead atoms. The van der Waals surface area contributed by atoms with Crippen molar-refractivity contribution in [3.63, 3.8) is 0 Å². The van der Waals surface area contributed by atoms with Crippen LogP contribution in [0.3, 0.4) is 0 Å². The Hall–Kier alpha value is -1.10. The number of rotatable bonds is 2. The van der Waals surface area contributed by atoms with Gasteiger partial charge < -0.3 is 4.74 Å². The molecule has 0 saturated heterocycles. The predicted octanol–water partition coefficient (Wildman–Crippen LogP) is 3.90. The molecular weight excluding hydrogens is 281 g/mol. The number of carbonyl (C=O) groups excluding carboxylic acids is 1. The molecule has 1 aromatic carbocycles.